The predicted molar refractivity (Wildman–Crippen MR) is 139 cm³/mol. The molecule has 0 atom stereocenters. The van der Waals surface area contributed by atoms with Gasteiger partial charge >= 0.3 is 0 Å². The Kier molecular flexibility index (Phi) is 4.62. The molecule has 0 aliphatic heterocycles. The van der Waals surface area contributed by atoms with Gasteiger partial charge in [0.25, 0.3) is 0 Å². The molecule has 0 bridgehead atoms. The molecule has 6 rings (SSSR count). The van der Waals surface area contributed by atoms with Crippen LogP contribution in [0.2, 0.25) is 0 Å². The number of alkyl halides is 1. The molecule has 0 spiro atoms. The van der Waals surface area contributed by atoms with E-state index in [-0.39, 0.29) is 4.32 Å². The molecule has 0 saturated carbocycles. The minimum absolute atomic E-state index is 0.303. The number of hydrogen-bond acceptors (Lipinski definition) is 0. The number of rotatable bonds is 3. The number of benzene rings is 4. The summed E-state index contributed by atoms with van der Waals surface area (Å²) in [6.07, 6.45) is 9.15. The normalized spacial score (nSPS) is 20.2. The summed E-state index contributed by atoms with van der Waals surface area (Å²) in [5, 5.41) is 2.54. The van der Waals surface area contributed by atoms with E-state index >= 15 is 0 Å². The Balaban J connectivity index is 1.47. The lowest BCUT2D eigenvalue weighted by molar-refractivity contribution is 0.930. The van der Waals surface area contributed by atoms with Crippen LogP contribution >= 0.6 is 15.9 Å². The Morgan fingerprint density at radius 1 is 0.625 bits per heavy atom. The molecule has 154 valence electrons. The molecule has 0 radical (unpaired) electrons. The average Bonchev–Trinajstić information content (AvgIpc) is 3.19. The number of aromatic nitrogens is 1. The summed E-state index contributed by atoms with van der Waals surface area (Å²) in [4.78, 5) is 0. The number of nitrogens with zero attached hydrogens (tertiary/aromatic N) is 1. The minimum Gasteiger partial charge on any atom is -0.309 e. The van der Waals surface area contributed by atoms with Gasteiger partial charge in [-0.05, 0) is 41.5 Å². The van der Waals surface area contributed by atoms with Gasteiger partial charge in [0.05, 0.1) is 15.4 Å². The van der Waals surface area contributed by atoms with Crippen molar-refractivity contribution in [3.05, 3.63) is 139 Å². The summed E-state index contributed by atoms with van der Waals surface area (Å²) in [5.41, 5.74) is 6.19. The topological polar surface area (TPSA) is 4.93 Å². The molecule has 0 fully saturated rings. The van der Waals surface area contributed by atoms with Gasteiger partial charge < -0.3 is 4.57 Å². The molecule has 32 heavy (non-hydrogen) atoms. The highest BCUT2D eigenvalue weighted by Gasteiger charge is 2.27. The van der Waals surface area contributed by atoms with E-state index in [0.717, 1.165) is 0 Å². The Bertz CT molecular complexity index is 1460. The zero-order chi connectivity index (χ0) is 21.5. The second kappa shape index (κ2) is 7.65. The summed E-state index contributed by atoms with van der Waals surface area (Å²) >= 11 is 4.03. The second-order valence-corrected chi connectivity index (χ2v) is 9.65. The fourth-order valence-corrected chi connectivity index (χ4v) is 5.32. The highest BCUT2D eigenvalue weighted by molar-refractivity contribution is 9.09. The van der Waals surface area contributed by atoms with Crippen LogP contribution in [0.4, 0.5) is 0 Å². The van der Waals surface area contributed by atoms with Crippen LogP contribution in [-0.4, -0.2) is 4.57 Å². The highest BCUT2D eigenvalue weighted by Crippen LogP contribution is 2.42. The van der Waals surface area contributed by atoms with Crippen LogP contribution in [0.3, 0.4) is 0 Å². The van der Waals surface area contributed by atoms with E-state index in [1.54, 1.807) is 0 Å². The van der Waals surface area contributed by atoms with E-state index in [1.165, 1.54) is 38.6 Å². The third kappa shape index (κ3) is 3.14. The maximum absolute atomic E-state index is 4.03. The van der Waals surface area contributed by atoms with Crippen LogP contribution in [0, 0.1) is 0 Å². The van der Waals surface area contributed by atoms with Crippen molar-refractivity contribution in [3.63, 3.8) is 0 Å². The van der Waals surface area contributed by atoms with Gasteiger partial charge in [0.1, 0.15) is 0 Å². The van der Waals surface area contributed by atoms with Crippen molar-refractivity contribution in [2.24, 2.45) is 0 Å². The van der Waals surface area contributed by atoms with E-state index < -0.39 is 0 Å². The lowest BCUT2D eigenvalue weighted by Crippen LogP contribution is -2.15. The largest absolute Gasteiger partial charge is 0.309 e. The van der Waals surface area contributed by atoms with Crippen molar-refractivity contribution in [1.29, 1.82) is 0 Å². The van der Waals surface area contributed by atoms with Crippen LogP contribution in [0.15, 0.2) is 127 Å². The average molecular weight is 476 g/mol. The molecular formula is C30H22BrN. The van der Waals surface area contributed by atoms with Gasteiger partial charge in [-0.15, -0.1) is 0 Å². The van der Waals surface area contributed by atoms with Gasteiger partial charge in [-0.1, -0.05) is 113 Å². The van der Waals surface area contributed by atoms with Crippen molar-refractivity contribution in [3.8, 4) is 5.69 Å². The second-order valence-electron chi connectivity index (χ2n) is 8.34. The SMILES string of the molecule is BrC1(c2ccc3c(c2)c2ccccc2n3-c2ccccc2)C=CC(c2ccccc2)C=C1. The van der Waals surface area contributed by atoms with Crippen LogP contribution in [0.5, 0.6) is 0 Å². The van der Waals surface area contributed by atoms with Crippen LogP contribution < -0.4 is 0 Å². The lowest BCUT2D eigenvalue weighted by atomic mass is 9.87. The first-order valence-electron chi connectivity index (χ1n) is 10.9. The molecular weight excluding hydrogens is 454 g/mol. The number of fused-ring (bicyclic) bond motifs is 3. The van der Waals surface area contributed by atoms with Gasteiger partial charge in [0.2, 0.25) is 0 Å². The molecule has 1 aromatic heterocycles. The molecule has 1 heterocycles. The smallest absolute Gasteiger partial charge is 0.0867 e. The summed E-state index contributed by atoms with van der Waals surface area (Å²) in [7, 11) is 0. The third-order valence-electron chi connectivity index (χ3n) is 6.41. The predicted octanol–water partition coefficient (Wildman–Crippen LogP) is 8.28. The summed E-state index contributed by atoms with van der Waals surface area (Å²) in [6, 6.07) is 36.7. The summed E-state index contributed by atoms with van der Waals surface area (Å²) < 4.78 is 2.05. The standard InChI is InChI=1S/C30H22BrN/c31-30(19-17-23(18-20-30)22-9-3-1-4-10-22)24-15-16-29-27(21-24)26-13-7-8-14-28(26)32(29)25-11-5-2-6-12-25/h1-21,23H. The first kappa shape index (κ1) is 19.3. The zero-order valence-corrected chi connectivity index (χ0v) is 19.1. The molecule has 0 N–H and O–H groups in total. The van der Waals surface area contributed by atoms with Gasteiger partial charge in [-0.25, -0.2) is 0 Å². The first-order valence-corrected chi connectivity index (χ1v) is 11.7. The molecule has 0 unspecified atom stereocenters. The Hall–Kier alpha value is -3.36. The van der Waals surface area contributed by atoms with Crippen molar-refractivity contribution in [2.45, 2.75) is 10.2 Å². The van der Waals surface area contributed by atoms with Crippen molar-refractivity contribution in [1.82, 2.24) is 4.57 Å². The van der Waals surface area contributed by atoms with Gasteiger partial charge in [-0.3, -0.25) is 0 Å². The summed E-state index contributed by atoms with van der Waals surface area (Å²) in [6.45, 7) is 0. The maximum Gasteiger partial charge on any atom is 0.0867 e. The minimum atomic E-state index is -0.303. The molecule has 0 amide bonds. The van der Waals surface area contributed by atoms with Crippen LogP contribution in [-0.2, 0) is 4.32 Å². The molecule has 4 aromatic carbocycles. The van der Waals surface area contributed by atoms with E-state index in [2.05, 4.69) is 148 Å². The molecule has 1 nitrogen and oxygen atoms in total. The monoisotopic (exact) mass is 475 g/mol. The number of para-hydroxylation sites is 2. The van der Waals surface area contributed by atoms with Crippen LogP contribution in [0.1, 0.15) is 17.0 Å². The van der Waals surface area contributed by atoms with E-state index in [1.807, 2.05) is 0 Å². The Labute approximate surface area is 196 Å². The number of allylic oxidation sites excluding steroid dienone is 4. The van der Waals surface area contributed by atoms with Crippen molar-refractivity contribution >= 4 is 37.7 Å². The van der Waals surface area contributed by atoms with E-state index in [0.29, 0.717) is 5.92 Å². The molecule has 1 aliphatic rings. The zero-order valence-electron chi connectivity index (χ0n) is 17.5. The Morgan fingerprint density at radius 3 is 2.00 bits per heavy atom. The van der Waals surface area contributed by atoms with Gasteiger partial charge in [-0.2, -0.15) is 0 Å². The molecule has 5 aromatic rings. The van der Waals surface area contributed by atoms with Crippen LogP contribution in [0.25, 0.3) is 27.5 Å². The third-order valence-corrected chi connectivity index (χ3v) is 7.39. The molecule has 1 aliphatic carbocycles. The first-order chi connectivity index (χ1) is 15.7. The number of hydrogen-bond donors (Lipinski definition) is 0. The van der Waals surface area contributed by atoms with Crippen molar-refractivity contribution < 1.29 is 0 Å². The van der Waals surface area contributed by atoms with Gasteiger partial charge in [0, 0.05) is 22.4 Å². The summed E-state index contributed by atoms with van der Waals surface area (Å²) in [5.74, 6) is 0.311. The quantitative estimate of drug-likeness (QED) is 0.182. The van der Waals surface area contributed by atoms with E-state index in [4.69, 9.17) is 0 Å². The van der Waals surface area contributed by atoms with Crippen molar-refractivity contribution in [2.75, 3.05) is 0 Å². The molecule has 0 saturated heterocycles. The maximum atomic E-state index is 4.03. The molecule has 2 heteroatoms. The number of halogens is 1. The van der Waals surface area contributed by atoms with E-state index in [9.17, 15) is 0 Å². The Morgan fingerprint density at radius 2 is 1.25 bits per heavy atom. The van der Waals surface area contributed by atoms with Gasteiger partial charge in [0.15, 0.2) is 0 Å². The lowest BCUT2D eigenvalue weighted by Gasteiger charge is -2.26. The fraction of sp³-hybridized carbons (Fsp3) is 0.0667. The fourth-order valence-electron chi connectivity index (χ4n) is 4.76. The highest BCUT2D eigenvalue weighted by atomic mass is 79.9.